The van der Waals surface area contributed by atoms with Gasteiger partial charge in [-0.15, -0.1) is 0 Å². The van der Waals surface area contributed by atoms with Gasteiger partial charge in [-0.05, 0) is 49.3 Å². The van der Waals surface area contributed by atoms with Crippen molar-refractivity contribution in [1.29, 1.82) is 0 Å². The van der Waals surface area contributed by atoms with E-state index in [2.05, 4.69) is 22.5 Å². The number of primary sulfonamides is 1. The van der Waals surface area contributed by atoms with Crippen molar-refractivity contribution in [2.24, 2.45) is 16.0 Å². The summed E-state index contributed by atoms with van der Waals surface area (Å²) in [6.45, 7) is 2.76. The van der Waals surface area contributed by atoms with Gasteiger partial charge >= 0.3 is 0 Å². The first kappa shape index (κ1) is 23.2. The Morgan fingerprint density at radius 1 is 1.17 bits per heavy atom. The van der Waals surface area contributed by atoms with E-state index in [4.69, 9.17) is 5.14 Å². The highest BCUT2D eigenvalue weighted by atomic mass is 32.2. The van der Waals surface area contributed by atoms with Crippen LogP contribution in [-0.4, -0.2) is 51.9 Å². The van der Waals surface area contributed by atoms with Crippen molar-refractivity contribution in [2.45, 2.75) is 56.5 Å². The molecule has 9 heteroatoms. The number of rotatable bonds is 7. The fourth-order valence-electron chi connectivity index (χ4n) is 3.33. The Kier molecular flexibility index (Phi) is 8.45. The molecular formula is C20H33N5O3S. The van der Waals surface area contributed by atoms with Crippen molar-refractivity contribution in [3.05, 3.63) is 29.8 Å². The molecule has 0 unspecified atom stereocenters. The molecule has 0 spiro atoms. The Hall–Kier alpha value is -2.13. The number of nitrogens with zero attached hydrogens (tertiary/aromatic N) is 2. The monoisotopic (exact) mass is 423 g/mol. The second kappa shape index (κ2) is 10.6. The SMILES string of the molecule is CCC1CCC(NC(=NCc2ccc(S(N)(=O)=O)cc2)NCC(=O)N(C)C)CC1. The van der Waals surface area contributed by atoms with Gasteiger partial charge in [0.15, 0.2) is 5.96 Å². The summed E-state index contributed by atoms with van der Waals surface area (Å²) in [7, 11) is -0.275. The van der Waals surface area contributed by atoms with Gasteiger partial charge in [0.1, 0.15) is 0 Å². The Balaban J connectivity index is 2.03. The van der Waals surface area contributed by atoms with Crippen molar-refractivity contribution in [1.82, 2.24) is 15.5 Å². The average Bonchev–Trinajstić information content (AvgIpc) is 2.69. The van der Waals surface area contributed by atoms with Crippen molar-refractivity contribution < 1.29 is 13.2 Å². The summed E-state index contributed by atoms with van der Waals surface area (Å²) in [5, 5.41) is 11.7. The van der Waals surface area contributed by atoms with E-state index in [0.29, 0.717) is 18.5 Å². The van der Waals surface area contributed by atoms with Gasteiger partial charge in [-0.3, -0.25) is 4.79 Å². The molecule has 1 fully saturated rings. The number of nitrogens with two attached hydrogens (primary N) is 1. The van der Waals surface area contributed by atoms with E-state index in [-0.39, 0.29) is 17.3 Å². The van der Waals surface area contributed by atoms with Gasteiger partial charge in [-0.1, -0.05) is 25.5 Å². The summed E-state index contributed by atoms with van der Waals surface area (Å²) in [6, 6.07) is 6.67. The molecule has 4 N–H and O–H groups in total. The molecule has 0 saturated heterocycles. The number of aliphatic imine (C=N–C) groups is 1. The smallest absolute Gasteiger partial charge is 0.241 e. The van der Waals surface area contributed by atoms with Crippen molar-refractivity contribution >= 4 is 21.9 Å². The summed E-state index contributed by atoms with van der Waals surface area (Å²) in [5.74, 6) is 1.36. The number of nitrogens with one attached hydrogen (secondary N) is 2. The molecule has 1 saturated carbocycles. The number of amides is 1. The van der Waals surface area contributed by atoms with Gasteiger partial charge in [0.25, 0.3) is 0 Å². The van der Waals surface area contributed by atoms with Crippen LogP contribution in [0.4, 0.5) is 0 Å². The number of carbonyl (C=O) groups excluding carboxylic acids is 1. The van der Waals surface area contributed by atoms with Crippen LogP contribution in [-0.2, 0) is 21.4 Å². The quantitative estimate of drug-likeness (QED) is 0.453. The van der Waals surface area contributed by atoms with Gasteiger partial charge in [0.05, 0.1) is 18.0 Å². The predicted octanol–water partition coefficient (Wildman–Crippen LogP) is 1.43. The van der Waals surface area contributed by atoms with Crippen LogP contribution in [0.1, 0.15) is 44.6 Å². The third-order valence-electron chi connectivity index (χ3n) is 5.34. The molecule has 0 aliphatic heterocycles. The molecule has 0 heterocycles. The van der Waals surface area contributed by atoms with E-state index >= 15 is 0 Å². The van der Waals surface area contributed by atoms with Gasteiger partial charge < -0.3 is 15.5 Å². The van der Waals surface area contributed by atoms with Gasteiger partial charge in [-0.2, -0.15) is 0 Å². The number of hydrogen-bond donors (Lipinski definition) is 3. The van der Waals surface area contributed by atoms with Crippen molar-refractivity contribution in [2.75, 3.05) is 20.6 Å². The first-order chi connectivity index (χ1) is 13.7. The van der Waals surface area contributed by atoms with Crippen LogP contribution in [0.15, 0.2) is 34.2 Å². The third kappa shape index (κ3) is 7.66. The number of carbonyl (C=O) groups is 1. The lowest BCUT2D eigenvalue weighted by atomic mass is 9.84. The van der Waals surface area contributed by atoms with Crippen LogP contribution in [0.2, 0.25) is 0 Å². The molecule has 1 aliphatic carbocycles. The highest BCUT2D eigenvalue weighted by Gasteiger charge is 2.21. The fraction of sp³-hybridized carbons (Fsp3) is 0.600. The van der Waals surface area contributed by atoms with E-state index in [9.17, 15) is 13.2 Å². The molecule has 0 bridgehead atoms. The average molecular weight is 424 g/mol. The molecule has 1 aromatic carbocycles. The summed E-state index contributed by atoms with van der Waals surface area (Å²) in [6.07, 6.45) is 5.80. The molecular weight excluding hydrogens is 390 g/mol. The molecule has 0 aromatic heterocycles. The van der Waals surface area contributed by atoms with Gasteiger partial charge in [0, 0.05) is 20.1 Å². The summed E-state index contributed by atoms with van der Waals surface area (Å²) < 4.78 is 22.7. The Labute approximate surface area is 174 Å². The lowest BCUT2D eigenvalue weighted by Crippen LogP contribution is -2.47. The highest BCUT2D eigenvalue weighted by Crippen LogP contribution is 2.26. The van der Waals surface area contributed by atoms with Crippen LogP contribution < -0.4 is 15.8 Å². The number of hydrogen-bond acceptors (Lipinski definition) is 4. The zero-order valence-electron chi connectivity index (χ0n) is 17.5. The van der Waals surface area contributed by atoms with E-state index in [1.807, 2.05) is 0 Å². The van der Waals surface area contributed by atoms with Crippen molar-refractivity contribution in [3.8, 4) is 0 Å². The van der Waals surface area contributed by atoms with Gasteiger partial charge in [0.2, 0.25) is 15.9 Å². The molecule has 0 radical (unpaired) electrons. The standard InChI is InChI=1S/C20H33N5O3S/c1-4-15-5-9-17(10-6-15)24-20(23-14-19(26)25(2)3)22-13-16-7-11-18(12-8-16)29(21,27)28/h7-8,11-12,15,17H,4-6,9-10,13-14H2,1-3H3,(H2,21,27,28)(H2,22,23,24). The molecule has 1 aliphatic rings. The predicted molar refractivity (Wildman–Crippen MR) is 115 cm³/mol. The Bertz CT molecular complexity index is 798. The zero-order chi connectivity index (χ0) is 21.4. The maximum atomic E-state index is 11.9. The largest absolute Gasteiger partial charge is 0.354 e. The number of benzene rings is 1. The minimum absolute atomic E-state index is 0.0355. The summed E-state index contributed by atoms with van der Waals surface area (Å²) in [5.41, 5.74) is 0.854. The third-order valence-corrected chi connectivity index (χ3v) is 6.27. The molecule has 8 nitrogen and oxygen atoms in total. The summed E-state index contributed by atoms with van der Waals surface area (Å²) >= 11 is 0. The van der Waals surface area contributed by atoms with Crippen LogP contribution >= 0.6 is 0 Å². The van der Waals surface area contributed by atoms with Gasteiger partial charge in [-0.25, -0.2) is 18.5 Å². The second-order valence-corrected chi connectivity index (χ2v) is 9.33. The maximum Gasteiger partial charge on any atom is 0.241 e. The van der Waals surface area contributed by atoms with Crippen molar-refractivity contribution in [3.63, 3.8) is 0 Å². The fourth-order valence-corrected chi connectivity index (χ4v) is 3.85. The minimum Gasteiger partial charge on any atom is -0.354 e. The van der Waals surface area contributed by atoms with E-state index in [0.717, 1.165) is 24.3 Å². The van der Waals surface area contributed by atoms with Crippen LogP contribution in [0.25, 0.3) is 0 Å². The first-order valence-electron chi connectivity index (χ1n) is 10.1. The molecule has 0 atom stereocenters. The summed E-state index contributed by atoms with van der Waals surface area (Å²) in [4.78, 5) is 18.1. The zero-order valence-corrected chi connectivity index (χ0v) is 18.3. The van der Waals surface area contributed by atoms with E-state index < -0.39 is 10.0 Å². The first-order valence-corrected chi connectivity index (χ1v) is 11.6. The second-order valence-electron chi connectivity index (χ2n) is 7.77. The van der Waals surface area contributed by atoms with Crippen LogP contribution in [0.5, 0.6) is 0 Å². The van der Waals surface area contributed by atoms with E-state index in [1.165, 1.54) is 36.3 Å². The van der Waals surface area contributed by atoms with Crippen LogP contribution in [0.3, 0.4) is 0 Å². The maximum absolute atomic E-state index is 11.9. The molecule has 29 heavy (non-hydrogen) atoms. The molecule has 162 valence electrons. The lowest BCUT2D eigenvalue weighted by molar-refractivity contribution is -0.127. The lowest BCUT2D eigenvalue weighted by Gasteiger charge is -2.29. The number of likely N-dealkylation sites (N-methyl/N-ethyl adjacent to an activating group) is 1. The Morgan fingerprint density at radius 3 is 2.31 bits per heavy atom. The molecule has 2 rings (SSSR count). The molecule has 1 aromatic rings. The topological polar surface area (TPSA) is 117 Å². The number of guanidine groups is 1. The highest BCUT2D eigenvalue weighted by molar-refractivity contribution is 7.89. The molecule has 1 amide bonds. The Morgan fingerprint density at radius 2 is 1.79 bits per heavy atom. The minimum atomic E-state index is -3.71. The van der Waals surface area contributed by atoms with E-state index in [1.54, 1.807) is 26.2 Å². The normalized spacial score (nSPS) is 20.2. The van der Waals surface area contributed by atoms with Crippen LogP contribution in [0, 0.1) is 5.92 Å². The number of sulfonamides is 1.